The third kappa shape index (κ3) is 2.42. The largest absolute Gasteiger partial charge is 0.316 e. The molecule has 1 N–H and O–H groups in total. The molecule has 0 radical (unpaired) electrons. The highest BCUT2D eigenvalue weighted by Crippen LogP contribution is 2.33. The predicted molar refractivity (Wildman–Crippen MR) is 56.3 cm³/mol. The lowest BCUT2D eigenvalue weighted by atomic mass is 10.1. The highest BCUT2D eigenvalue weighted by Gasteiger charge is 2.30. The molecule has 0 spiro atoms. The maximum absolute atomic E-state index is 5.72. The molecular formula is C10H14ClN3. The van der Waals surface area contributed by atoms with E-state index in [9.17, 15) is 0 Å². The summed E-state index contributed by atoms with van der Waals surface area (Å²) >= 11 is 5.72. The average molecular weight is 212 g/mol. The van der Waals surface area contributed by atoms with Crippen molar-refractivity contribution in [3.63, 3.8) is 0 Å². The zero-order chi connectivity index (χ0) is 9.97. The molecule has 1 fully saturated rings. The molecular weight excluding hydrogens is 198 g/mol. The molecule has 1 atom stereocenters. The summed E-state index contributed by atoms with van der Waals surface area (Å²) in [6.45, 7) is 0. The van der Waals surface area contributed by atoms with Gasteiger partial charge in [0.25, 0.3) is 0 Å². The monoisotopic (exact) mass is 211 g/mol. The van der Waals surface area contributed by atoms with E-state index in [0.29, 0.717) is 11.1 Å². The number of rotatable bonds is 4. The van der Waals surface area contributed by atoms with Crippen molar-refractivity contribution in [1.29, 1.82) is 0 Å². The Morgan fingerprint density at radius 2 is 2.14 bits per heavy atom. The Morgan fingerprint density at radius 1 is 1.50 bits per heavy atom. The molecule has 76 valence electrons. The summed E-state index contributed by atoms with van der Waals surface area (Å²) in [6.07, 6.45) is 6.88. The van der Waals surface area contributed by atoms with Crippen molar-refractivity contribution in [3.8, 4) is 0 Å². The molecule has 0 bridgehead atoms. The molecule has 4 heteroatoms. The van der Waals surface area contributed by atoms with Crippen LogP contribution in [0.15, 0.2) is 12.4 Å². The molecule has 1 aliphatic carbocycles. The van der Waals surface area contributed by atoms with Crippen molar-refractivity contribution in [2.45, 2.75) is 25.3 Å². The van der Waals surface area contributed by atoms with Crippen LogP contribution in [-0.2, 0) is 6.42 Å². The van der Waals surface area contributed by atoms with Gasteiger partial charge in [-0.05, 0) is 25.8 Å². The molecule has 0 amide bonds. The predicted octanol–water partition coefficient (Wildman–Crippen LogP) is 1.67. The van der Waals surface area contributed by atoms with E-state index in [1.165, 1.54) is 12.8 Å². The fraction of sp³-hybridized carbons (Fsp3) is 0.600. The Bertz CT molecular complexity index is 295. The maximum Gasteiger partial charge on any atom is 0.129 e. The molecule has 0 aliphatic heterocycles. The van der Waals surface area contributed by atoms with Gasteiger partial charge in [-0.1, -0.05) is 11.6 Å². The quantitative estimate of drug-likeness (QED) is 0.824. The number of aromatic nitrogens is 2. The number of halogens is 1. The molecule has 14 heavy (non-hydrogen) atoms. The SMILES string of the molecule is CNC(Cc1ncc(Cl)cn1)C1CC1. The second kappa shape index (κ2) is 4.24. The minimum Gasteiger partial charge on any atom is -0.316 e. The van der Waals surface area contributed by atoms with Crippen LogP contribution >= 0.6 is 11.6 Å². The Hall–Kier alpha value is -0.670. The van der Waals surface area contributed by atoms with Crippen LogP contribution in [0.3, 0.4) is 0 Å². The first-order valence-electron chi connectivity index (χ1n) is 4.93. The van der Waals surface area contributed by atoms with Crippen molar-refractivity contribution < 1.29 is 0 Å². The van der Waals surface area contributed by atoms with Gasteiger partial charge in [0.2, 0.25) is 0 Å². The molecule has 3 nitrogen and oxygen atoms in total. The fourth-order valence-electron chi connectivity index (χ4n) is 1.64. The first-order valence-corrected chi connectivity index (χ1v) is 5.31. The second-order valence-corrected chi connectivity index (χ2v) is 4.19. The van der Waals surface area contributed by atoms with Crippen LogP contribution in [0.2, 0.25) is 5.02 Å². The summed E-state index contributed by atoms with van der Waals surface area (Å²) in [5.74, 6) is 1.69. The van der Waals surface area contributed by atoms with E-state index in [2.05, 4.69) is 15.3 Å². The lowest BCUT2D eigenvalue weighted by Gasteiger charge is -2.13. The summed E-state index contributed by atoms with van der Waals surface area (Å²) in [5, 5.41) is 3.91. The summed E-state index contributed by atoms with van der Waals surface area (Å²) in [5.41, 5.74) is 0. The minimum absolute atomic E-state index is 0.524. The minimum atomic E-state index is 0.524. The van der Waals surface area contributed by atoms with Gasteiger partial charge in [0.1, 0.15) is 5.82 Å². The van der Waals surface area contributed by atoms with Crippen molar-refractivity contribution in [1.82, 2.24) is 15.3 Å². The van der Waals surface area contributed by atoms with Crippen LogP contribution in [0.4, 0.5) is 0 Å². The van der Waals surface area contributed by atoms with Crippen molar-refractivity contribution in [2.75, 3.05) is 7.05 Å². The topological polar surface area (TPSA) is 37.8 Å². The van der Waals surface area contributed by atoms with E-state index in [0.717, 1.165) is 18.2 Å². The maximum atomic E-state index is 5.72. The van der Waals surface area contributed by atoms with Crippen molar-refractivity contribution >= 4 is 11.6 Å². The molecule has 1 saturated carbocycles. The molecule has 1 aliphatic rings. The Labute approximate surface area is 88.9 Å². The lowest BCUT2D eigenvalue weighted by molar-refractivity contribution is 0.490. The van der Waals surface area contributed by atoms with Crippen LogP contribution in [0.25, 0.3) is 0 Å². The van der Waals surface area contributed by atoms with E-state index in [1.807, 2.05) is 7.05 Å². The van der Waals surface area contributed by atoms with Gasteiger partial charge in [-0.2, -0.15) is 0 Å². The lowest BCUT2D eigenvalue weighted by Crippen LogP contribution is -2.30. The van der Waals surface area contributed by atoms with Gasteiger partial charge in [0.05, 0.1) is 5.02 Å². The Morgan fingerprint density at radius 3 is 2.64 bits per heavy atom. The first kappa shape index (κ1) is 9.87. The van der Waals surface area contributed by atoms with Crippen LogP contribution in [-0.4, -0.2) is 23.1 Å². The van der Waals surface area contributed by atoms with E-state index in [4.69, 9.17) is 11.6 Å². The van der Waals surface area contributed by atoms with Gasteiger partial charge in [-0.25, -0.2) is 9.97 Å². The molecule has 0 aromatic carbocycles. The van der Waals surface area contributed by atoms with Gasteiger partial charge in [0, 0.05) is 24.9 Å². The highest BCUT2D eigenvalue weighted by molar-refractivity contribution is 6.30. The van der Waals surface area contributed by atoms with Crippen LogP contribution in [0, 0.1) is 5.92 Å². The molecule has 1 aromatic rings. The first-order chi connectivity index (χ1) is 6.79. The molecule has 1 aromatic heterocycles. The smallest absolute Gasteiger partial charge is 0.129 e. The number of nitrogens with zero attached hydrogens (tertiary/aromatic N) is 2. The number of hydrogen-bond donors (Lipinski definition) is 1. The van der Waals surface area contributed by atoms with Crippen LogP contribution in [0.1, 0.15) is 18.7 Å². The standard InChI is InChI=1S/C10H14ClN3/c1-12-9(7-2-3-7)4-10-13-5-8(11)6-14-10/h5-7,9,12H,2-4H2,1H3. The van der Waals surface area contributed by atoms with Crippen molar-refractivity contribution in [3.05, 3.63) is 23.2 Å². The summed E-state index contributed by atoms with van der Waals surface area (Å²) in [4.78, 5) is 8.39. The second-order valence-electron chi connectivity index (χ2n) is 3.75. The normalized spacial score (nSPS) is 18.1. The number of nitrogens with one attached hydrogen (secondary N) is 1. The summed E-state index contributed by atoms with van der Waals surface area (Å²) in [7, 11) is 2.00. The zero-order valence-electron chi connectivity index (χ0n) is 8.20. The van der Waals surface area contributed by atoms with E-state index in [1.54, 1.807) is 12.4 Å². The van der Waals surface area contributed by atoms with Crippen molar-refractivity contribution in [2.24, 2.45) is 5.92 Å². The zero-order valence-corrected chi connectivity index (χ0v) is 8.96. The third-order valence-electron chi connectivity index (χ3n) is 2.64. The Balaban J connectivity index is 1.98. The average Bonchev–Trinajstić information content (AvgIpc) is 3.01. The number of likely N-dealkylation sites (N-methyl/N-ethyl adjacent to an activating group) is 1. The van der Waals surface area contributed by atoms with Gasteiger partial charge in [-0.3, -0.25) is 0 Å². The van der Waals surface area contributed by atoms with Gasteiger partial charge in [-0.15, -0.1) is 0 Å². The van der Waals surface area contributed by atoms with Gasteiger partial charge >= 0.3 is 0 Å². The van der Waals surface area contributed by atoms with Gasteiger partial charge in [0.15, 0.2) is 0 Å². The highest BCUT2D eigenvalue weighted by atomic mass is 35.5. The van der Waals surface area contributed by atoms with Gasteiger partial charge < -0.3 is 5.32 Å². The number of hydrogen-bond acceptors (Lipinski definition) is 3. The van der Waals surface area contributed by atoms with E-state index < -0.39 is 0 Å². The van der Waals surface area contributed by atoms with Crippen LogP contribution < -0.4 is 5.32 Å². The molecule has 2 rings (SSSR count). The summed E-state index contributed by atoms with van der Waals surface area (Å²) in [6, 6.07) is 0.524. The molecule has 1 heterocycles. The Kier molecular flexibility index (Phi) is 2.99. The van der Waals surface area contributed by atoms with E-state index in [-0.39, 0.29) is 0 Å². The van der Waals surface area contributed by atoms with E-state index >= 15 is 0 Å². The fourth-order valence-corrected chi connectivity index (χ4v) is 1.74. The molecule has 0 saturated heterocycles. The molecule has 1 unspecified atom stereocenters. The van der Waals surface area contributed by atoms with Crippen LogP contribution in [0.5, 0.6) is 0 Å². The third-order valence-corrected chi connectivity index (χ3v) is 2.83. The summed E-state index contributed by atoms with van der Waals surface area (Å²) < 4.78 is 0.